The van der Waals surface area contributed by atoms with Crippen molar-refractivity contribution in [3.05, 3.63) is 11.6 Å². The normalized spacial score (nSPS) is 23.0. The highest BCUT2D eigenvalue weighted by molar-refractivity contribution is 14.0. The third kappa shape index (κ3) is 6.06. The van der Waals surface area contributed by atoms with Crippen LogP contribution in [0.1, 0.15) is 56.6 Å². The zero-order chi connectivity index (χ0) is 19.2. The molecule has 4 rings (SSSR count). The second kappa shape index (κ2) is 11.5. The van der Waals surface area contributed by atoms with Gasteiger partial charge in [-0.15, -0.1) is 34.2 Å². The SMILES string of the molecule is CN=C(NCCCc1nnc2n1CCCCC2)N1CCC(CN2CCCC2)C1.I. The summed E-state index contributed by atoms with van der Waals surface area (Å²) in [6.45, 7) is 8.20. The van der Waals surface area contributed by atoms with Crippen molar-refractivity contribution in [2.24, 2.45) is 10.9 Å². The summed E-state index contributed by atoms with van der Waals surface area (Å²) < 4.78 is 2.37. The standard InChI is InChI=1S/C21H37N7.HI/c1-22-21(27-15-10-18(17-27)16-26-12-5-6-13-26)23-11-7-9-20-25-24-19-8-3-2-4-14-28(19)20;/h18H,2-17H2,1H3,(H,22,23);1H. The fourth-order valence-electron chi connectivity index (χ4n) is 5.01. The van der Waals surface area contributed by atoms with E-state index in [1.807, 2.05) is 7.05 Å². The lowest BCUT2D eigenvalue weighted by Crippen LogP contribution is -2.41. The highest BCUT2D eigenvalue weighted by Gasteiger charge is 2.27. The lowest BCUT2D eigenvalue weighted by atomic mass is 10.1. The van der Waals surface area contributed by atoms with Crippen LogP contribution in [0.3, 0.4) is 0 Å². The van der Waals surface area contributed by atoms with Crippen LogP contribution in [0.5, 0.6) is 0 Å². The van der Waals surface area contributed by atoms with Crippen LogP contribution in [0, 0.1) is 5.92 Å². The van der Waals surface area contributed by atoms with Crippen LogP contribution in [-0.2, 0) is 19.4 Å². The average Bonchev–Trinajstić information content (AvgIpc) is 3.43. The Labute approximate surface area is 192 Å². The summed E-state index contributed by atoms with van der Waals surface area (Å²) in [6, 6.07) is 0. The van der Waals surface area contributed by atoms with Gasteiger partial charge in [-0.1, -0.05) is 6.42 Å². The first-order valence-electron chi connectivity index (χ1n) is 11.4. The summed E-state index contributed by atoms with van der Waals surface area (Å²) >= 11 is 0. The van der Waals surface area contributed by atoms with Crippen LogP contribution < -0.4 is 5.32 Å². The molecule has 1 unspecified atom stereocenters. The molecule has 3 aliphatic heterocycles. The van der Waals surface area contributed by atoms with E-state index < -0.39 is 0 Å². The third-order valence-corrected chi connectivity index (χ3v) is 6.56. The molecule has 7 nitrogen and oxygen atoms in total. The molecule has 8 heteroatoms. The molecule has 1 N–H and O–H groups in total. The van der Waals surface area contributed by atoms with Gasteiger partial charge >= 0.3 is 0 Å². The Morgan fingerprint density at radius 2 is 1.90 bits per heavy atom. The number of aliphatic imine (C=N–C) groups is 1. The van der Waals surface area contributed by atoms with Crippen molar-refractivity contribution in [1.82, 2.24) is 29.9 Å². The second-order valence-corrected chi connectivity index (χ2v) is 8.68. The number of fused-ring (bicyclic) bond motifs is 1. The van der Waals surface area contributed by atoms with Crippen LogP contribution in [0.25, 0.3) is 0 Å². The van der Waals surface area contributed by atoms with Gasteiger partial charge in [0.05, 0.1) is 0 Å². The average molecular weight is 515 g/mol. The molecule has 0 amide bonds. The Kier molecular flexibility index (Phi) is 9.02. The fraction of sp³-hybridized carbons (Fsp3) is 0.857. The fourth-order valence-corrected chi connectivity index (χ4v) is 5.01. The van der Waals surface area contributed by atoms with E-state index >= 15 is 0 Å². The summed E-state index contributed by atoms with van der Waals surface area (Å²) in [5, 5.41) is 12.5. The highest BCUT2D eigenvalue weighted by Crippen LogP contribution is 2.20. The van der Waals surface area contributed by atoms with E-state index in [1.54, 1.807) is 0 Å². The molecule has 0 bridgehead atoms. The van der Waals surface area contributed by atoms with Gasteiger partial charge in [-0.25, -0.2) is 0 Å². The smallest absolute Gasteiger partial charge is 0.193 e. The van der Waals surface area contributed by atoms with E-state index in [1.165, 1.54) is 69.8 Å². The van der Waals surface area contributed by atoms with Gasteiger partial charge < -0.3 is 19.7 Å². The lowest BCUT2D eigenvalue weighted by molar-refractivity contribution is 0.281. The number of nitrogens with one attached hydrogen (secondary N) is 1. The first-order valence-corrected chi connectivity index (χ1v) is 11.4. The van der Waals surface area contributed by atoms with Crippen molar-refractivity contribution in [2.45, 2.75) is 64.3 Å². The molecule has 0 spiro atoms. The molecule has 29 heavy (non-hydrogen) atoms. The summed E-state index contributed by atoms with van der Waals surface area (Å²) in [7, 11) is 1.91. The maximum Gasteiger partial charge on any atom is 0.193 e. The number of hydrogen-bond donors (Lipinski definition) is 1. The topological polar surface area (TPSA) is 61.6 Å². The van der Waals surface area contributed by atoms with Gasteiger partial charge in [0.15, 0.2) is 5.96 Å². The molecule has 3 aliphatic rings. The first kappa shape index (κ1) is 22.8. The summed E-state index contributed by atoms with van der Waals surface area (Å²) in [4.78, 5) is 9.63. The molecule has 0 saturated carbocycles. The number of hydrogen-bond acceptors (Lipinski definition) is 4. The number of likely N-dealkylation sites (tertiary alicyclic amines) is 2. The van der Waals surface area contributed by atoms with Crippen LogP contribution in [0.2, 0.25) is 0 Å². The minimum atomic E-state index is 0. The maximum absolute atomic E-state index is 4.54. The Bertz CT molecular complexity index is 653. The summed E-state index contributed by atoms with van der Waals surface area (Å²) in [5.41, 5.74) is 0. The quantitative estimate of drug-likeness (QED) is 0.273. The van der Waals surface area contributed by atoms with Gasteiger partial charge in [0, 0.05) is 52.6 Å². The van der Waals surface area contributed by atoms with E-state index in [9.17, 15) is 0 Å². The van der Waals surface area contributed by atoms with E-state index in [2.05, 4.69) is 34.9 Å². The Morgan fingerprint density at radius 3 is 2.72 bits per heavy atom. The zero-order valence-electron chi connectivity index (χ0n) is 18.0. The third-order valence-electron chi connectivity index (χ3n) is 6.56. The largest absolute Gasteiger partial charge is 0.356 e. The van der Waals surface area contributed by atoms with E-state index in [4.69, 9.17) is 0 Å². The van der Waals surface area contributed by atoms with E-state index in [-0.39, 0.29) is 24.0 Å². The Hall–Kier alpha value is -0.900. The van der Waals surface area contributed by atoms with Gasteiger partial charge in [0.1, 0.15) is 11.6 Å². The minimum absolute atomic E-state index is 0. The highest BCUT2D eigenvalue weighted by atomic mass is 127. The molecule has 1 atom stereocenters. The maximum atomic E-state index is 4.54. The van der Waals surface area contributed by atoms with Gasteiger partial charge in [-0.05, 0) is 57.5 Å². The van der Waals surface area contributed by atoms with Crippen LogP contribution in [-0.4, -0.2) is 76.8 Å². The van der Waals surface area contributed by atoms with Gasteiger partial charge in [-0.3, -0.25) is 4.99 Å². The van der Waals surface area contributed by atoms with Crippen LogP contribution in [0.15, 0.2) is 4.99 Å². The zero-order valence-corrected chi connectivity index (χ0v) is 20.3. The van der Waals surface area contributed by atoms with Crippen molar-refractivity contribution in [1.29, 1.82) is 0 Å². The number of aromatic nitrogens is 3. The second-order valence-electron chi connectivity index (χ2n) is 8.68. The molecule has 0 aliphatic carbocycles. The van der Waals surface area contributed by atoms with Crippen molar-refractivity contribution in [3.63, 3.8) is 0 Å². The summed E-state index contributed by atoms with van der Waals surface area (Å²) in [6.07, 6.45) is 11.0. The monoisotopic (exact) mass is 515 g/mol. The molecule has 1 aromatic heterocycles. The molecule has 1 aromatic rings. The molecular formula is C21H38IN7. The first-order chi connectivity index (χ1) is 13.8. The predicted molar refractivity (Wildman–Crippen MR) is 128 cm³/mol. The number of guanidine groups is 1. The van der Waals surface area contributed by atoms with Crippen LogP contribution >= 0.6 is 24.0 Å². The predicted octanol–water partition coefficient (Wildman–Crippen LogP) is 2.55. The molecule has 164 valence electrons. The van der Waals surface area contributed by atoms with Gasteiger partial charge in [-0.2, -0.15) is 0 Å². The van der Waals surface area contributed by atoms with Crippen molar-refractivity contribution in [3.8, 4) is 0 Å². The van der Waals surface area contributed by atoms with Gasteiger partial charge in [0.25, 0.3) is 0 Å². The Morgan fingerprint density at radius 1 is 1.07 bits per heavy atom. The van der Waals surface area contributed by atoms with Crippen molar-refractivity contribution < 1.29 is 0 Å². The van der Waals surface area contributed by atoms with E-state index in [0.29, 0.717) is 0 Å². The number of nitrogens with zero attached hydrogens (tertiary/aromatic N) is 6. The van der Waals surface area contributed by atoms with E-state index in [0.717, 1.165) is 57.3 Å². The molecule has 0 radical (unpaired) electrons. The van der Waals surface area contributed by atoms with Crippen molar-refractivity contribution in [2.75, 3.05) is 46.3 Å². The van der Waals surface area contributed by atoms with Crippen LogP contribution in [0.4, 0.5) is 0 Å². The molecule has 2 fully saturated rings. The number of rotatable bonds is 6. The Balaban J connectivity index is 0.00000240. The lowest BCUT2D eigenvalue weighted by Gasteiger charge is -2.23. The molecule has 4 heterocycles. The minimum Gasteiger partial charge on any atom is -0.356 e. The number of aryl methyl sites for hydroxylation is 2. The molecular weight excluding hydrogens is 477 g/mol. The molecule has 0 aromatic carbocycles. The molecule has 2 saturated heterocycles. The number of halogens is 1. The van der Waals surface area contributed by atoms with Crippen molar-refractivity contribution >= 4 is 29.9 Å². The van der Waals surface area contributed by atoms with Gasteiger partial charge in [0.2, 0.25) is 0 Å². The summed E-state index contributed by atoms with van der Waals surface area (Å²) in [5.74, 6) is 4.23.